The number of aromatic amines is 1. The van der Waals surface area contributed by atoms with Crippen LogP contribution in [0, 0.1) is 5.82 Å². The quantitative estimate of drug-likeness (QED) is 0.402. The second kappa shape index (κ2) is 9.35. The second-order valence-electron chi connectivity index (χ2n) is 9.96. The number of amides is 3. The minimum absolute atomic E-state index is 0.0250. The summed E-state index contributed by atoms with van der Waals surface area (Å²) in [7, 11) is 3.27. The summed E-state index contributed by atoms with van der Waals surface area (Å²) < 4.78 is 20.7. The number of aromatic nitrogens is 1. The molecule has 3 aromatic rings. The number of carbonyl (C=O) groups is 2. The third-order valence-electron chi connectivity index (χ3n) is 7.54. The second-order valence-corrected chi connectivity index (χ2v) is 9.96. The molecule has 0 bridgehead atoms. The highest BCUT2D eigenvalue weighted by Crippen LogP contribution is 2.49. The number of aromatic hydroxyl groups is 1. The molecule has 2 aliphatic heterocycles. The van der Waals surface area contributed by atoms with Crippen LogP contribution in [0.2, 0.25) is 0 Å². The van der Waals surface area contributed by atoms with Crippen molar-refractivity contribution in [2.75, 3.05) is 40.4 Å². The zero-order valence-electron chi connectivity index (χ0n) is 21.1. The summed E-state index contributed by atoms with van der Waals surface area (Å²) in [4.78, 5) is 35.7. The Kier molecular flexibility index (Phi) is 6.33. The molecular weight excluding hydrogens is 479 g/mol. The zero-order valence-corrected chi connectivity index (χ0v) is 21.1. The van der Waals surface area contributed by atoms with Gasteiger partial charge in [-0.15, -0.1) is 0 Å². The number of fused-ring (bicyclic) bond motifs is 4. The number of aliphatic hydroxyl groups excluding tert-OH is 1. The smallest absolute Gasteiger partial charge is 0.328 e. The Morgan fingerprint density at radius 1 is 1.24 bits per heavy atom. The molecule has 5 rings (SSSR count). The van der Waals surface area contributed by atoms with E-state index in [4.69, 9.17) is 9.84 Å². The van der Waals surface area contributed by atoms with E-state index < -0.39 is 23.4 Å². The summed E-state index contributed by atoms with van der Waals surface area (Å²) in [5.74, 6) is -0.740. The first kappa shape index (κ1) is 25.0. The van der Waals surface area contributed by atoms with Crippen molar-refractivity contribution in [2.24, 2.45) is 0 Å². The summed E-state index contributed by atoms with van der Waals surface area (Å²) >= 11 is 0. The minimum Gasteiger partial charge on any atom is -0.508 e. The van der Waals surface area contributed by atoms with Crippen LogP contribution < -0.4 is 4.74 Å². The largest absolute Gasteiger partial charge is 0.508 e. The molecular formula is C27H31FN4O5. The van der Waals surface area contributed by atoms with Crippen molar-refractivity contribution in [2.45, 2.75) is 31.3 Å². The van der Waals surface area contributed by atoms with E-state index in [2.05, 4.69) is 4.98 Å². The van der Waals surface area contributed by atoms with Crippen molar-refractivity contribution in [1.29, 1.82) is 0 Å². The first-order valence-corrected chi connectivity index (χ1v) is 12.3. The number of H-pyrrole nitrogens is 1. The molecule has 196 valence electrons. The Balaban J connectivity index is 1.62. The van der Waals surface area contributed by atoms with E-state index in [1.165, 1.54) is 24.1 Å². The van der Waals surface area contributed by atoms with E-state index in [1.807, 2.05) is 11.9 Å². The lowest BCUT2D eigenvalue weighted by Gasteiger charge is -2.42. The molecule has 2 aliphatic rings. The molecule has 10 heteroatoms. The van der Waals surface area contributed by atoms with Crippen molar-refractivity contribution in [3.63, 3.8) is 0 Å². The lowest BCUT2D eigenvalue weighted by Crippen LogP contribution is -2.53. The predicted octanol–water partition coefficient (Wildman–Crippen LogP) is 3.00. The number of nitrogens with one attached hydrogen (secondary N) is 1. The Morgan fingerprint density at radius 3 is 2.73 bits per heavy atom. The maximum Gasteiger partial charge on any atom is 0.328 e. The van der Waals surface area contributed by atoms with Crippen LogP contribution in [-0.4, -0.2) is 87.8 Å². The Bertz CT molecular complexity index is 1370. The number of hydrogen-bond acceptors (Lipinski definition) is 6. The maximum atomic E-state index is 15.5. The normalized spacial score (nSPS) is 21.2. The highest BCUT2D eigenvalue weighted by atomic mass is 19.1. The Labute approximate surface area is 214 Å². The van der Waals surface area contributed by atoms with Gasteiger partial charge in [0.1, 0.15) is 17.3 Å². The number of aliphatic hydroxyl groups is 1. The van der Waals surface area contributed by atoms with Gasteiger partial charge in [0.15, 0.2) is 11.6 Å². The van der Waals surface area contributed by atoms with E-state index in [1.54, 1.807) is 36.1 Å². The summed E-state index contributed by atoms with van der Waals surface area (Å²) in [6.07, 6.45) is 0.683. The molecule has 3 amide bonds. The van der Waals surface area contributed by atoms with Crippen molar-refractivity contribution < 1.29 is 28.9 Å². The van der Waals surface area contributed by atoms with Crippen LogP contribution in [0.3, 0.4) is 0 Å². The molecule has 0 aliphatic carbocycles. The number of imide groups is 1. The number of likely N-dealkylation sites (N-methyl/N-ethyl adjacent to an activating group) is 1. The highest BCUT2D eigenvalue weighted by molar-refractivity contribution is 6.08. The topological polar surface area (TPSA) is 109 Å². The fraction of sp³-hybridized carbons (Fsp3) is 0.407. The van der Waals surface area contributed by atoms with Gasteiger partial charge in [0, 0.05) is 36.1 Å². The summed E-state index contributed by atoms with van der Waals surface area (Å²) in [6, 6.07) is 8.66. The predicted molar refractivity (Wildman–Crippen MR) is 135 cm³/mol. The lowest BCUT2D eigenvalue weighted by molar-refractivity contribution is -0.133. The number of phenolic OH excluding ortho intramolecular Hbond substituents is 1. The highest BCUT2D eigenvalue weighted by Gasteiger charge is 2.60. The molecule has 37 heavy (non-hydrogen) atoms. The van der Waals surface area contributed by atoms with Crippen molar-refractivity contribution in [3.05, 3.63) is 59.0 Å². The van der Waals surface area contributed by atoms with Gasteiger partial charge in [0.2, 0.25) is 0 Å². The zero-order chi connectivity index (χ0) is 26.5. The van der Waals surface area contributed by atoms with Crippen LogP contribution in [0.25, 0.3) is 10.9 Å². The summed E-state index contributed by atoms with van der Waals surface area (Å²) in [5.41, 5.74) is 1.13. The standard InChI is InChI=1S/C27H31FN4O5/c1-27-15-18-21-19(8-9-20(37-3)22(21)28)29-23(18)24(16-6-4-7-17(34)14-16)32(27)26(36)31(25(27)35)11-5-10-30(2)12-13-33/h4,6-9,14,24,29,33-34H,5,10-13,15H2,1-3H3/t24-,27+/m1/s1. The molecule has 0 radical (unpaired) electrons. The molecule has 0 spiro atoms. The SMILES string of the molecule is COc1ccc2[nH]c3c(c2c1F)C[C@@]1(C)C(=O)N(CCCN(C)CCO)C(=O)N1[C@@H]3c1cccc(O)c1. The van der Waals surface area contributed by atoms with Crippen molar-refractivity contribution in [1.82, 2.24) is 19.7 Å². The van der Waals surface area contributed by atoms with E-state index in [0.29, 0.717) is 47.2 Å². The third-order valence-corrected chi connectivity index (χ3v) is 7.54. The lowest BCUT2D eigenvalue weighted by atomic mass is 9.81. The molecule has 3 N–H and O–H groups in total. The average molecular weight is 511 g/mol. The number of methoxy groups -OCH3 is 1. The number of urea groups is 1. The van der Waals surface area contributed by atoms with Gasteiger partial charge in [-0.2, -0.15) is 0 Å². The number of hydrogen-bond donors (Lipinski definition) is 3. The molecule has 2 aromatic carbocycles. The third kappa shape index (κ3) is 3.91. The van der Waals surface area contributed by atoms with Crippen LogP contribution in [0.5, 0.6) is 11.5 Å². The van der Waals surface area contributed by atoms with E-state index in [9.17, 15) is 14.7 Å². The maximum absolute atomic E-state index is 15.5. The number of ether oxygens (including phenoxy) is 1. The Hall–Kier alpha value is -3.63. The van der Waals surface area contributed by atoms with Gasteiger partial charge in [-0.25, -0.2) is 9.18 Å². The minimum atomic E-state index is -1.25. The van der Waals surface area contributed by atoms with Crippen LogP contribution in [0.4, 0.5) is 9.18 Å². The van der Waals surface area contributed by atoms with Crippen molar-refractivity contribution in [3.8, 4) is 11.5 Å². The molecule has 0 unspecified atom stereocenters. The van der Waals surface area contributed by atoms with Crippen LogP contribution in [-0.2, 0) is 11.2 Å². The van der Waals surface area contributed by atoms with Gasteiger partial charge in [0.25, 0.3) is 5.91 Å². The van der Waals surface area contributed by atoms with Crippen LogP contribution >= 0.6 is 0 Å². The fourth-order valence-corrected chi connectivity index (χ4v) is 5.73. The van der Waals surface area contributed by atoms with Gasteiger partial charge in [0.05, 0.1) is 13.7 Å². The molecule has 9 nitrogen and oxygen atoms in total. The summed E-state index contributed by atoms with van der Waals surface area (Å²) in [5, 5.41) is 19.7. The first-order chi connectivity index (χ1) is 17.7. The first-order valence-electron chi connectivity index (χ1n) is 12.3. The van der Waals surface area contributed by atoms with Gasteiger partial charge in [-0.05, 0) is 62.3 Å². The molecule has 1 aromatic heterocycles. The van der Waals surface area contributed by atoms with E-state index in [0.717, 1.165) is 0 Å². The van der Waals surface area contributed by atoms with Gasteiger partial charge in [-0.1, -0.05) is 12.1 Å². The number of nitrogens with zero attached hydrogens (tertiary/aromatic N) is 3. The number of carbonyl (C=O) groups excluding carboxylic acids is 2. The molecule has 2 atom stereocenters. The van der Waals surface area contributed by atoms with Gasteiger partial charge < -0.3 is 24.8 Å². The van der Waals surface area contributed by atoms with Gasteiger partial charge >= 0.3 is 6.03 Å². The number of rotatable bonds is 8. The van der Waals surface area contributed by atoms with E-state index >= 15 is 4.39 Å². The Morgan fingerprint density at radius 2 is 2.03 bits per heavy atom. The number of halogens is 1. The average Bonchev–Trinajstić information content (AvgIpc) is 3.31. The van der Waals surface area contributed by atoms with Crippen LogP contribution in [0.1, 0.15) is 36.2 Å². The molecule has 3 heterocycles. The summed E-state index contributed by atoms with van der Waals surface area (Å²) in [6.45, 7) is 3.09. The van der Waals surface area contributed by atoms with Crippen molar-refractivity contribution >= 4 is 22.8 Å². The number of phenols is 1. The molecule has 1 fully saturated rings. The van der Waals surface area contributed by atoms with E-state index in [-0.39, 0.29) is 37.0 Å². The van der Waals surface area contributed by atoms with Crippen LogP contribution in [0.15, 0.2) is 36.4 Å². The molecule has 1 saturated heterocycles. The number of benzene rings is 2. The van der Waals surface area contributed by atoms with Gasteiger partial charge in [-0.3, -0.25) is 14.6 Å². The monoisotopic (exact) mass is 510 g/mol. The molecule has 0 saturated carbocycles. The fourth-order valence-electron chi connectivity index (χ4n) is 5.73.